The van der Waals surface area contributed by atoms with Crippen molar-refractivity contribution in [2.24, 2.45) is 19.1 Å². The number of halogens is 1. The van der Waals surface area contributed by atoms with E-state index in [4.69, 9.17) is 4.74 Å². The number of nitrogens with one attached hydrogen (secondary N) is 2. The van der Waals surface area contributed by atoms with E-state index < -0.39 is 12.1 Å². The van der Waals surface area contributed by atoms with Crippen molar-refractivity contribution in [2.45, 2.75) is 32.0 Å². The Balaban J connectivity index is 1.47. The lowest BCUT2D eigenvalue weighted by atomic mass is 9.90. The number of imidazole rings is 1. The first-order valence-electron chi connectivity index (χ1n) is 11.1. The molecule has 176 valence electrons. The molecule has 10 heteroatoms. The van der Waals surface area contributed by atoms with Gasteiger partial charge in [-0.15, -0.1) is 0 Å². The van der Waals surface area contributed by atoms with Crippen molar-refractivity contribution in [3.8, 4) is 17.1 Å². The normalized spacial score (nSPS) is 18.2. The van der Waals surface area contributed by atoms with E-state index in [0.717, 1.165) is 16.7 Å². The number of aryl methyl sites for hydroxylation is 3. The van der Waals surface area contributed by atoms with Gasteiger partial charge in [0.1, 0.15) is 6.17 Å². The van der Waals surface area contributed by atoms with Crippen LogP contribution in [0.1, 0.15) is 28.9 Å². The molecule has 1 amide bonds. The minimum absolute atomic E-state index is 0.157. The number of anilines is 1. The number of methoxy groups -OCH3 is 1. The first kappa shape index (κ1) is 21.9. The molecule has 5 rings (SSSR count). The molecule has 9 nitrogen and oxygen atoms in total. The maximum atomic E-state index is 13.1. The van der Waals surface area contributed by atoms with Crippen LogP contribution in [-0.4, -0.2) is 49.5 Å². The number of amides is 1. The van der Waals surface area contributed by atoms with Crippen molar-refractivity contribution in [3.63, 3.8) is 0 Å². The highest BCUT2D eigenvalue weighted by Crippen LogP contribution is 2.29. The summed E-state index contributed by atoms with van der Waals surface area (Å²) in [4.78, 5) is 25.2. The first-order chi connectivity index (χ1) is 16.3. The number of ether oxygens (including phenoxy) is 1. The summed E-state index contributed by atoms with van der Waals surface area (Å²) in [6.07, 6.45) is 2.01. The topological polar surface area (TPSA) is 102 Å². The summed E-state index contributed by atoms with van der Waals surface area (Å²) >= 11 is 0. The Morgan fingerprint density at radius 1 is 1.26 bits per heavy atom. The van der Waals surface area contributed by atoms with Gasteiger partial charge in [0.05, 0.1) is 35.6 Å². The lowest BCUT2D eigenvalue weighted by molar-refractivity contribution is 0.0996. The van der Waals surface area contributed by atoms with Crippen LogP contribution in [-0.2, 0) is 14.1 Å². The average molecular weight is 464 g/mol. The van der Waals surface area contributed by atoms with Crippen LogP contribution >= 0.6 is 0 Å². The molecule has 0 radical (unpaired) electrons. The van der Waals surface area contributed by atoms with Crippen LogP contribution in [0.15, 0.2) is 41.5 Å². The highest BCUT2D eigenvalue weighted by atomic mass is 19.1. The third kappa shape index (κ3) is 3.95. The molecule has 0 atom stereocenters. The van der Waals surface area contributed by atoms with Gasteiger partial charge in [-0.3, -0.25) is 9.78 Å². The van der Waals surface area contributed by atoms with Gasteiger partial charge in [0, 0.05) is 37.1 Å². The number of hydrogen-bond donors (Lipinski definition) is 2. The molecule has 3 aromatic heterocycles. The molecule has 1 aromatic carbocycles. The standard InChI is InChI=1S/C24H26FN7O2/c1-13-7-14(8-19(27-13)18-12-26-32(3)23(18)34-4)22(33)30-24-29-20-11-16(5-6-21(20)31(24)2)28-17-9-15(25)10-17/h5-8,11-12,15,17,28H,9-10H2,1-4H3,(H,29,30,33). The molecule has 34 heavy (non-hydrogen) atoms. The molecule has 0 saturated heterocycles. The number of aromatic amines is 1. The number of aromatic nitrogens is 5. The molecular weight excluding hydrogens is 437 g/mol. The second-order valence-corrected chi connectivity index (χ2v) is 8.64. The molecule has 3 heterocycles. The van der Waals surface area contributed by atoms with E-state index in [0.29, 0.717) is 46.9 Å². The predicted octanol–water partition coefficient (Wildman–Crippen LogP) is 3.27. The van der Waals surface area contributed by atoms with Gasteiger partial charge in [-0.25, -0.2) is 9.07 Å². The smallest absolute Gasteiger partial charge is 0.280 e. The number of nitrogens with zero attached hydrogens (tertiary/aromatic N) is 5. The van der Waals surface area contributed by atoms with Gasteiger partial charge in [0.25, 0.3) is 5.91 Å². The molecule has 1 aliphatic rings. The Bertz CT molecular complexity index is 1460. The molecule has 0 bridgehead atoms. The van der Waals surface area contributed by atoms with Crippen LogP contribution in [0, 0.1) is 6.92 Å². The molecule has 1 saturated carbocycles. The zero-order valence-corrected chi connectivity index (χ0v) is 19.5. The number of fused-ring (bicyclic) bond motifs is 1. The number of alkyl halides is 1. The van der Waals surface area contributed by atoms with Crippen molar-refractivity contribution in [3.05, 3.63) is 53.4 Å². The van der Waals surface area contributed by atoms with E-state index in [1.807, 2.05) is 36.7 Å². The maximum Gasteiger partial charge on any atom is 0.280 e. The van der Waals surface area contributed by atoms with E-state index in [-0.39, 0.29) is 6.04 Å². The Hall–Kier alpha value is -3.95. The maximum absolute atomic E-state index is 13.1. The molecular formula is C24H26FN7O2. The van der Waals surface area contributed by atoms with E-state index in [2.05, 4.69) is 25.4 Å². The number of carbonyl (C=O) groups excluding carboxylic acids is 1. The fraction of sp³-hybridized carbons (Fsp3) is 0.333. The highest BCUT2D eigenvalue weighted by Gasteiger charge is 2.28. The first-order valence-corrected chi connectivity index (χ1v) is 11.1. The molecule has 4 aromatic rings. The SMILES string of the molecule is COc1c(-c2cc(C(=O)/N=c3\[nH]c4cc(NC5CC(F)C5)ccc4n3C)cc(C)n2)cnn1C. The van der Waals surface area contributed by atoms with Crippen molar-refractivity contribution < 1.29 is 13.9 Å². The summed E-state index contributed by atoms with van der Waals surface area (Å²) in [7, 11) is 5.19. The molecule has 1 fully saturated rings. The number of rotatable bonds is 5. The molecule has 0 aliphatic heterocycles. The van der Waals surface area contributed by atoms with Gasteiger partial charge >= 0.3 is 0 Å². The largest absolute Gasteiger partial charge is 0.481 e. The summed E-state index contributed by atoms with van der Waals surface area (Å²) in [6.45, 7) is 1.83. The fourth-order valence-electron chi connectivity index (χ4n) is 4.28. The van der Waals surface area contributed by atoms with Crippen LogP contribution in [0.5, 0.6) is 5.88 Å². The second-order valence-electron chi connectivity index (χ2n) is 8.64. The zero-order chi connectivity index (χ0) is 24.0. The minimum Gasteiger partial charge on any atom is -0.481 e. The van der Waals surface area contributed by atoms with Gasteiger partial charge < -0.3 is 19.6 Å². The van der Waals surface area contributed by atoms with Crippen LogP contribution < -0.4 is 15.7 Å². The predicted molar refractivity (Wildman–Crippen MR) is 126 cm³/mol. The number of carbonyl (C=O) groups is 1. The quantitative estimate of drug-likeness (QED) is 0.473. The summed E-state index contributed by atoms with van der Waals surface area (Å²) in [6, 6.07) is 9.41. The van der Waals surface area contributed by atoms with Gasteiger partial charge in [-0.1, -0.05) is 0 Å². The van der Waals surface area contributed by atoms with Crippen LogP contribution in [0.2, 0.25) is 0 Å². The monoisotopic (exact) mass is 463 g/mol. The Morgan fingerprint density at radius 3 is 2.79 bits per heavy atom. The summed E-state index contributed by atoms with van der Waals surface area (Å²) in [5, 5.41) is 7.57. The Kier molecular flexibility index (Phi) is 5.43. The highest BCUT2D eigenvalue weighted by molar-refractivity contribution is 5.96. The van der Waals surface area contributed by atoms with E-state index in [1.54, 1.807) is 37.2 Å². The summed E-state index contributed by atoms with van der Waals surface area (Å²) in [5.74, 6) is 0.169. The summed E-state index contributed by atoms with van der Waals surface area (Å²) < 4.78 is 22.0. The Morgan fingerprint density at radius 2 is 2.06 bits per heavy atom. The van der Waals surface area contributed by atoms with Crippen molar-refractivity contribution in [1.82, 2.24) is 24.3 Å². The van der Waals surface area contributed by atoms with Crippen LogP contribution in [0.25, 0.3) is 22.3 Å². The number of benzene rings is 1. The molecule has 0 spiro atoms. The van der Waals surface area contributed by atoms with E-state index in [1.165, 1.54) is 0 Å². The molecule has 1 aliphatic carbocycles. The zero-order valence-electron chi connectivity index (χ0n) is 19.5. The van der Waals surface area contributed by atoms with Crippen molar-refractivity contribution >= 4 is 22.6 Å². The number of pyridine rings is 1. The van der Waals surface area contributed by atoms with Gasteiger partial charge in [0.15, 0.2) is 0 Å². The van der Waals surface area contributed by atoms with E-state index >= 15 is 0 Å². The van der Waals surface area contributed by atoms with Crippen molar-refractivity contribution in [2.75, 3.05) is 12.4 Å². The van der Waals surface area contributed by atoms with Crippen LogP contribution in [0.3, 0.4) is 0 Å². The fourth-order valence-corrected chi connectivity index (χ4v) is 4.28. The lowest BCUT2D eigenvalue weighted by Crippen LogP contribution is -2.36. The summed E-state index contributed by atoms with van der Waals surface area (Å²) in [5.41, 5.74) is 5.47. The van der Waals surface area contributed by atoms with Crippen LogP contribution in [0.4, 0.5) is 10.1 Å². The molecule has 2 N–H and O–H groups in total. The second kappa shape index (κ2) is 8.44. The minimum atomic E-state index is -0.711. The molecule has 0 unspecified atom stereocenters. The van der Waals surface area contributed by atoms with Gasteiger partial charge in [-0.2, -0.15) is 10.1 Å². The third-order valence-electron chi connectivity index (χ3n) is 6.13. The van der Waals surface area contributed by atoms with Gasteiger partial charge in [0.2, 0.25) is 11.5 Å². The van der Waals surface area contributed by atoms with Gasteiger partial charge in [-0.05, 0) is 50.1 Å². The number of hydrogen-bond acceptors (Lipinski definition) is 5. The van der Waals surface area contributed by atoms with Crippen molar-refractivity contribution in [1.29, 1.82) is 0 Å². The number of H-pyrrole nitrogens is 1. The average Bonchev–Trinajstić information content (AvgIpc) is 3.31. The lowest BCUT2D eigenvalue weighted by Gasteiger charge is -2.31. The third-order valence-corrected chi connectivity index (χ3v) is 6.13. The Labute approximate surface area is 195 Å². The van der Waals surface area contributed by atoms with E-state index in [9.17, 15) is 9.18 Å².